The fourth-order valence-corrected chi connectivity index (χ4v) is 1.73. The third-order valence-corrected chi connectivity index (χ3v) is 2.84. The molecule has 0 aliphatic heterocycles. The van der Waals surface area contributed by atoms with Crippen LogP contribution in [0.2, 0.25) is 0 Å². The molecule has 0 rings (SSSR count). The van der Waals surface area contributed by atoms with Crippen LogP contribution in [0.3, 0.4) is 0 Å². The van der Waals surface area contributed by atoms with Crippen LogP contribution in [0.25, 0.3) is 0 Å². The molecule has 86 valence electrons. The van der Waals surface area contributed by atoms with Crippen molar-refractivity contribution in [3.63, 3.8) is 0 Å². The quantitative estimate of drug-likeness (QED) is 0.381. The molecule has 15 heavy (non-hydrogen) atoms. The largest absolute Gasteiger partial charge is 1.00 e. The molecule has 0 spiro atoms. The first-order valence-corrected chi connectivity index (χ1v) is 6.86. The Balaban J connectivity index is 0. The molecule has 0 bridgehead atoms. The molecule has 0 aromatic heterocycles. The molecule has 0 saturated heterocycles. The van der Waals surface area contributed by atoms with Crippen LogP contribution in [-0.4, -0.2) is 62.5 Å². The van der Waals surface area contributed by atoms with Gasteiger partial charge in [-0.3, -0.25) is 4.55 Å². The SMILES string of the molecule is CN(CCS(=O)(=O)[O-])CCS(=O)(=O)O.[Na+]. The van der Waals surface area contributed by atoms with Gasteiger partial charge in [0.1, 0.15) is 0 Å². The van der Waals surface area contributed by atoms with Crippen LogP contribution in [0.4, 0.5) is 0 Å². The predicted molar refractivity (Wildman–Crippen MR) is 48.5 cm³/mol. The van der Waals surface area contributed by atoms with Crippen molar-refractivity contribution >= 4 is 20.2 Å². The van der Waals surface area contributed by atoms with Gasteiger partial charge in [-0.15, -0.1) is 0 Å². The van der Waals surface area contributed by atoms with E-state index >= 15 is 0 Å². The van der Waals surface area contributed by atoms with Crippen LogP contribution < -0.4 is 29.6 Å². The Morgan fingerprint density at radius 3 is 1.87 bits per heavy atom. The van der Waals surface area contributed by atoms with Crippen LogP contribution >= 0.6 is 0 Å². The van der Waals surface area contributed by atoms with Crippen molar-refractivity contribution in [3.8, 4) is 0 Å². The van der Waals surface area contributed by atoms with E-state index in [0.717, 1.165) is 0 Å². The Labute approximate surface area is 112 Å². The molecule has 0 unspecified atom stereocenters. The molecular formula is C5H12NNaO6S2. The molecule has 0 atom stereocenters. The molecule has 0 aliphatic rings. The zero-order valence-electron chi connectivity index (χ0n) is 8.58. The first-order chi connectivity index (χ1) is 6.10. The third-order valence-electron chi connectivity index (χ3n) is 1.45. The first kappa shape index (κ1) is 18.2. The van der Waals surface area contributed by atoms with Gasteiger partial charge in [-0.2, -0.15) is 8.42 Å². The summed E-state index contributed by atoms with van der Waals surface area (Å²) in [6, 6.07) is 0. The fourth-order valence-electron chi connectivity index (χ4n) is 0.651. The van der Waals surface area contributed by atoms with Crippen molar-refractivity contribution in [3.05, 3.63) is 0 Å². The van der Waals surface area contributed by atoms with E-state index in [2.05, 4.69) is 0 Å². The second-order valence-corrected chi connectivity index (χ2v) is 5.95. The van der Waals surface area contributed by atoms with E-state index in [0.29, 0.717) is 0 Å². The van der Waals surface area contributed by atoms with E-state index in [4.69, 9.17) is 4.55 Å². The molecule has 10 heteroatoms. The Morgan fingerprint density at radius 2 is 1.53 bits per heavy atom. The Bertz CT molecular complexity index is 327. The topological polar surface area (TPSA) is 115 Å². The fraction of sp³-hybridized carbons (Fsp3) is 1.00. The molecular weight excluding hydrogens is 257 g/mol. The summed E-state index contributed by atoms with van der Waals surface area (Å²) in [7, 11) is -6.86. The van der Waals surface area contributed by atoms with E-state index in [1.54, 1.807) is 0 Å². The van der Waals surface area contributed by atoms with E-state index in [9.17, 15) is 21.4 Å². The molecule has 0 heterocycles. The maximum absolute atomic E-state index is 10.3. The standard InChI is InChI=1S/C5H13NO6S2.Na/c1-6(2-4-13(7,8)9)3-5-14(10,11)12;/h2-5H2,1H3,(H,7,8,9)(H,10,11,12);/q;+1/p-1. The van der Waals surface area contributed by atoms with Crippen LogP contribution in [-0.2, 0) is 20.2 Å². The van der Waals surface area contributed by atoms with Crippen LogP contribution in [0.1, 0.15) is 0 Å². The van der Waals surface area contributed by atoms with Gasteiger partial charge >= 0.3 is 29.6 Å². The van der Waals surface area contributed by atoms with Gasteiger partial charge in [0.25, 0.3) is 10.1 Å². The average Bonchev–Trinajstić information content (AvgIpc) is 1.94. The molecule has 1 N–H and O–H groups in total. The summed E-state index contributed by atoms with van der Waals surface area (Å²) in [6.45, 7) is -0.0737. The average molecular weight is 269 g/mol. The van der Waals surface area contributed by atoms with Crippen molar-refractivity contribution in [1.29, 1.82) is 0 Å². The summed E-state index contributed by atoms with van der Waals surface area (Å²) >= 11 is 0. The summed E-state index contributed by atoms with van der Waals surface area (Å²) in [5, 5.41) is 0. The van der Waals surface area contributed by atoms with E-state index in [1.807, 2.05) is 0 Å². The zero-order chi connectivity index (χ0) is 11.4. The number of hydrogen-bond donors (Lipinski definition) is 1. The third kappa shape index (κ3) is 14.8. The Kier molecular flexibility index (Phi) is 8.68. The minimum atomic E-state index is -4.28. The van der Waals surface area contributed by atoms with Crippen LogP contribution in [0.15, 0.2) is 0 Å². The smallest absolute Gasteiger partial charge is 0.748 e. The minimum Gasteiger partial charge on any atom is -0.748 e. The summed E-state index contributed by atoms with van der Waals surface area (Å²) in [5.74, 6) is -1.06. The van der Waals surface area contributed by atoms with E-state index in [-0.39, 0.29) is 42.6 Å². The van der Waals surface area contributed by atoms with Crippen molar-refractivity contribution in [1.82, 2.24) is 4.90 Å². The summed E-state index contributed by atoms with van der Waals surface area (Å²) in [6.07, 6.45) is 0. The first-order valence-electron chi connectivity index (χ1n) is 3.67. The minimum absolute atomic E-state index is 0. The summed E-state index contributed by atoms with van der Waals surface area (Å²) < 4.78 is 59.5. The number of nitrogens with zero attached hydrogens (tertiary/aromatic N) is 1. The van der Waals surface area contributed by atoms with E-state index < -0.39 is 31.7 Å². The van der Waals surface area contributed by atoms with Gasteiger partial charge < -0.3 is 9.45 Å². The van der Waals surface area contributed by atoms with Crippen molar-refractivity contribution in [2.75, 3.05) is 31.6 Å². The van der Waals surface area contributed by atoms with Gasteiger partial charge in [0.05, 0.1) is 21.6 Å². The van der Waals surface area contributed by atoms with Crippen LogP contribution in [0.5, 0.6) is 0 Å². The van der Waals surface area contributed by atoms with Gasteiger partial charge in [-0.1, -0.05) is 0 Å². The van der Waals surface area contributed by atoms with Gasteiger partial charge in [-0.05, 0) is 7.05 Å². The van der Waals surface area contributed by atoms with Crippen molar-refractivity contribution in [2.24, 2.45) is 0 Å². The van der Waals surface area contributed by atoms with Crippen molar-refractivity contribution < 1.29 is 55.5 Å². The van der Waals surface area contributed by atoms with Gasteiger partial charge in [0, 0.05) is 13.1 Å². The molecule has 0 aromatic rings. The molecule has 0 amide bonds. The summed E-state index contributed by atoms with van der Waals surface area (Å²) in [5.41, 5.74) is 0. The number of hydrogen-bond acceptors (Lipinski definition) is 6. The molecule has 0 saturated carbocycles. The molecule has 7 nitrogen and oxygen atoms in total. The Morgan fingerprint density at radius 1 is 1.13 bits per heavy atom. The Hall–Kier alpha value is 0.780. The van der Waals surface area contributed by atoms with E-state index in [1.165, 1.54) is 11.9 Å². The second kappa shape index (κ2) is 7.17. The normalized spacial score (nSPS) is 12.5. The molecule has 0 fully saturated rings. The van der Waals surface area contributed by atoms with Gasteiger partial charge in [0.2, 0.25) is 0 Å². The maximum Gasteiger partial charge on any atom is 1.00 e. The molecule has 0 aliphatic carbocycles. The second-order valence-electron chi connectivity index (χ2n) is 2.85. The maximum atomic E-state index is 10.3. The molecule has 0 radical (unpaired) electrons. The van der Waals surface area contributed by atoms with Gasteiger partial charge in [-0.25, -0.2) is 8.42 Å². The summed E-state index contributed by atoms with van der Waals surface area (Å²) in [4.78, 5) is 1.34. The van der Waals surface area contributed by atoms with Crippen LogP contribution in [0, 0.1) is 0 Å². The van der Waals surface area contributed by atoms with Gasteiger partial charge in [0.15, 0.2) is 0 Å². The monoisotopic (exact) mass is 269 g/mol. The predicted octanol–water partition coefficient (Wildman–Crippen LogP) is -4.64. The molecule has 0 aromatic carbocycles. The number of rotatable bonds is 6. The zero-order valence-corrected chi connectivity index (χ0v) is 12.2. The van der Waals surface area contributed by atoms with Crippen molar-refractivity contribution in [2.45, 2.75) is 0 Å².